The predicted octanol–water partition coefficient (Wildman–Crippen LogP) is 2.50. The molecule has 0 aliphatic rings. The van der Waals surface area contributed by atoms with Gasteiger partial charge >= 0.3 is 0 Å². The van der Waals surface area contributed by atoms with E-state index >= 15 is 0 Å². The zero-order valence-corrected chi connectivity index (χ0v) is 11.4. The summed E-state index contributed by atoms with van der Waals surface area (Å²) in [6.45, 7) is 6.01. The van der Waals surface area contributed by atoms with E-state index in [0.29, 0.717) is 0 Å². The molecule has 2 aromatic rings. The third-order valence-electron chi connectivity index (χ3n) is 2.19. The second-order valence-electron chi connectivity index (χ2n) is 3.56. The van der Waals surface area contributed by atoms with E-state index in [1.165, 1.54) is 22.7 Å². The van der Waals surface area contributed by atoms with Gasteiger partial charge in [0, 0.05) is 12.7 Å². The molecule has 90 valence electrons. The van der Waals surface area contributed by atoms with Crippen LogP contribution in [0.3, 0.4) is 0 Å². The topological polar surface area (TPSA) is 50.7 Å². The van der Waals surface area contributed by atoms with E-state index in [9.17, 15) is 0 Å². The van der Waals surface area contributed by atoms with Gasteiger partial charge in [0.15, 0.2) is 4.34 Å². The van der Waals surface area contributed by atoms with Crippen molar-refractivity contribution in [2.24, 2.45) is 0 Å². The van der Waals surface area contributed by atoms with Crippen LogP contribution in [0.1, 0.15) is 18.1 Å². The summed E-state index contributed by atoms with van der Waals surface area (Å²) in [5.41, 5.74) is 2.39. The van der Waals surface area contributed by atoms with E-state index in [-0.39, 0.29) is 0 Å². The van der Waals surface area contributed by atoms with E-state index < -0.39 is 0 Å². The van der Waals surface area contributed by atoms with Gasteiger partial charge in [-0.3, -0.25) is 0 Å². The smallest absolute Gasteiger partial charge is 0.176 e. The summed E-state index contributed by atoms with van der Waals surface area (Å²) in [5.74, 6) is 0. The first kappa shape index (κ1) is 12.5. The Kier molecular flexibility index (Phi) is 4.47. The van der Waals surface area contributed by atoms with E-state index in [1.807, 2.05) is 6.20 Å². The van der Waals surface area contributed by atoms with Gasteiger partial charge in [0.25, 0.3) is 0 Å². The molecule has 0 saturated heterocycles. The Morgan fingerprint density at radius 2 is 2.29 bits per heavy atom. The lowest BCUT2D eigenvalue weighted by molar-refractivity contribution is 0.721. The number of nitrogens with one attached hydrogen (secondary N) is 1. The van der Waals surface area contributed by atoms with Crippen molar-refractivity contribution in [3.05, 3.63) is 29.7 Å². The van der Waals surface area contributed by atoms with Crippen LogP contribution < -0.4 is 5.32 Å². The van der Waals surface area contributed by atoms with Gasteiger partial charge in [-0.15, -0.1) is 0 Å². The molecule has 0 aliphatic heterocycles. The molecule has 0 atom stereocenters. The molecule has 0 bridgehead atoms. The molecule has 6 heteroatoms. The zero-order chi connectivity index (χ0) is 12.1. The van der Waals surface area contributed by atoms with Gasteiger partial charge < -0.3 is 5.32 Å². The second-order valence-corrected chi connectivity index (χ2v) is 5.57. The normalized spacial score (nSPS) is 10.7. The predicted molar refractivity (Wildman–Crippen MR) is 70.4 cm³/mol. The Balaban J connectivity index is 2.09. The van der Waals surface area contributed by atoms with Crippen molar-refractivity contribution in [3.8, 4) is 0 Å². The van der Waals surface area contributed by atoms with Crippen molar-refractivity contribution in [1.29, 1.82) is 0 Å². The number of aromatic nitrogens is 3. The van der Waals surface area contributed by atoms with Gasteiger partial charge in [-0.25, -0.2) is 9.97 Å². The monoisotopic (exact) mass is 266 g/mol. The summed E-state index contributed by atoms with van der Waals surface area (Å²) in [6, 6.07) is 2.17. The maximum atomic E-state index is 4.47. The number of aryl methyl sites for hydroxylation is 1. The second kappa shape index (κ2) is 6.09. The SMILES string of the molecule is CCNCc1cnc(Sc2ncns2)c(C)c1. The van der Waals surface area contributed by atoms with Crippen molar-refractivity contribution in [3.63, 3.8) is 0 Å². The molecule has 4 nitrogen and oxygen atoms in total. The number of hydrogen-bond acceptors (Lipinski definition) is 6. The van der Waals surface area contributed by atoms with Crippen LogP contribution in [0.25, 0.3) is 0 Å². The zero-order valence-electron chi connectivity index (χ0n) is 9.80. The highest BCUT2D eigenvalue weighted by Crippen LogP contribution is 2.28. The van der Waals surface area contributed by atoms with Crippen LogP contribution >= 0.6 is 23.3 Å². The average Bonchev–Trinajstić information content (AvgIpc) is 2.82. The maximum Gasteiger partial charge on any atom is 0.176 e. The molecular formula is C11H14N4S2. The lowest BCUT2D eigenvalue weighted by Crippen LogP contribution is -2.12. The van der Waals surface area contributed by atoms with Crippen molar-refractivity contribution in [2.75, 3.05) is 6.54 Å². The van der Waals surface area contributed by atoms with Gasteiger partial charge in [-0.1, -0.05) is 13.0 Å². The number of pyridine rings is 1. The van der Waals surface area contributed by atoms with Gasteiger partial charge in [-0.2, -0.15) is 4.37 Å². The van der Waals surface area contributed by atoms with Crippen LogP contribution in [-0.2, 0) is 6.54 Å². The highest BCUT2D eigenvalue weighted by Gasteiger charge is 2.06. The van der Waals surface area contributed by atoms with Crippen LogP contribution in [0.15, 0.2) is 28.0 Å². The quantitative estimate of drug-likeness (QED) is 0.901. The maximum absolute atomic E-state index is 4.47. The molecule has 0 radical (unpaired) electrons. The van der Waals surface area contributed by atoms with Gasteiger partial charge in [0.1, 0.15) is 11.4 Å². The van der Waals surface area contributed by atoms with Crippen LogP contribution in [-0.4, -0.2) is 20.9 Å². The first-order chi connectivity index (χ1) is 8.29. The fraction of sp³-hybridized carbons (Fsp3) is 0.364. The molecule has 2 rings (SSSR count). The largest absolute Gasteiger partial charge is 0.313 e. The van der Waals surface area contributed by atoms with Crippen LogP contribution in [0.4, 0.5) is 0 Å². The van der Waals surface area contributed by atoms with E-state index in [2.05, 4.69) is 39.6 Å². The minimum Gasteiger partial charge on any atom is -0.313 e. The summed E-state index contributed by atoms with van der Waals surface area (Å²) in [4.78, 5) is 8.61. The number of hydrogen-bond donors (Lipinski definition) is 1. The molecule has 0 unspecified atom stereocenters. The Bertz CT molecular complexity index is 470. The summed E-state index contributed by atoms with van der Waals surface area (Å²) < 4.78 is 4.91. The first-order valence-corrected chi connectivity index (χ1v) is 6.99. The molecule has 1 N–H and O–H groups in total. The molecule has 0 spiro atoms. The molecule has 0 aliphatic carbocycles. The minimum absolute atomic E-state index is 0.869. The molecule has 17 heavy (non-hydrogen) atoms. The molecule has 0 aromatic carbocycles. The highest BCUT2D eigenvalue weighted by molar-refractivity contribution is 8.00. The third kappa shape index (κ3) is 3.49. The lowest BCUT2D eigenvalue weighted by atomic mass is 10.2. The van der Waals surface area contributed by atoms with Crippen molar-refractivity contribution in [2.45, 2.75) is 29.8 Å². The molecular weight excluding hydrogens is 252 g/mol. The highest BCUT2D eigenvalue weighted by atomic mass is 32.2. The lowest BCUT2D eigenvalue weighted by Gasteiger charge is -2.06. The first-order valence-electron chi connectivity index (χ1n) is 5.40. The Morgan fingerprint density at radius 3 is 2.94 bits per heavy atom. The van der Waals surface area contributed by atoms with Gasteiger partial charge in [-0.05, 0) is 47.9 Å². The Morgan fingerprint density at radius 1 is 1.41 bits per heavy atom. The van der Waals surface area contributed by atoms with E-state index in [4.69, 9.17) is 0 Å². The van der Waals surface area contributed by atoms with Crippen LogP contribution in [0.2, 0.25) is 0 Å². The average molecular weight is 266 g/mol. The summed E-state index contributed by atoms with van der Waals surface area (Å²) in [5, 5.41) is 4.29. The summed E-state index contributed by atoms with van der Waals surface area (Å²) in [6.07, 6.45) is 3.49. The standard InChI is InChI=1S/C11H14N4S2/c1-3-12-5-9-4-8(2)10(13-6-9)16-11-14-7-15-17-11/h4,6-7,12H,3,5H2,1-2H3. The minimum atomic E-state index is 0.869. The molecule has 2 aromatic heterocycles. The van der Waals surface area contributed by atoms with Crippen molar-refractivity contribution < 1.29 is 0 Å². The fourth-order valence-corrected chi connectivity index (χ4v) is 2.77. The molecule has 0 saturated carbocycles. The van der Waals surface area contributed by atoms with Crippen LogP contribution in [0.5, 0.6) is 0 Å². The van der Waals surface area contributed by atoms with Gasteiger partial charge in [0.2, 0.25) is 0 Å². The van der Waals surface area contributed by atoms with Crippen molar-refractivity contribution in [1.82, 2.24) is 19.7 Å². The fourth-order valence-electron chi connectivity index (χ4n) is 1.38. The van der Waals surface area contributed by atoms with Crippen LogP contribution in [0, 0.1) is 6.92 Å². The summed E-state index contributed by atoms with van der Waals surface area (Å²) >= 11 is 2.96. The molecule has 0 amide bonds. The molecule has 0 fully saturated rings. The Hall–Kier alpha value is -0.980. The van der Waals surface area contributed by atoms with E-state index in [1.54, 1.807) is 18.1 Å². The number of rotatable bonds is 5. The van der Waals surface area contributed by atoms with Gasteiger partial charge in [0.05, 0.1) is 0 Å². The van der Waals surface area contributed by atoms with E-state index in [0.717, 1.165) is 22.5 Å². The third-order valence-corrected chi connectivity index (χ3v) is 4.03. The number of nitrogens with zero attached hydrogens (tertiary/aromatic N) is 3. The summed E-state index contributed by atoms with van der Waals surface area (Å²) in [7, 11) is 0. The molecule has 2 heterocycles. The van der Waals surface area contributed by atoms with Crippen molar-refractivity contribution >= 4 is 23.3 Å². The Labute approximate surface area is 109 Å².